The zero-order chi connectivity index (χ0) is 12.4. The van der Waals surface area contributed by atoms with E-state index in [9.17, 15) is 0 Å². The van der Waals surface area contributed by atoms with Crippen molar-refractivity contribution >= 4 is 0 Å². The van der Waals surface area contributed by atoms with Crippen LogP contribution < -0.4 is 0 Å². The Hall–Kier alpha value is -0.720. The van der Waals surface area contributed by atoms with E-state index in [0.29, 0.717) is 17.9 Å². The average molecular weight is 234 g/mol. The van der Waals surface area contributed by atoms with E-state index in [4.69, 9.17) is 4.74 Å². The molecule has 1 nitrogen and oxygen atoms in total. The van der Waals surface area contributed by atoms with Crippen molar-refractivity contribution in [1.29, 1.82) is 0 Å². The summed E-state index contributed by atoms with van der Waals surface area (Å²) in [5.74, 6) is 3.99. The van der Waals surface area contributed by atoms with Gasteiger partial charge in [0.25, 0.3) is 0 Å². The van der Waals surface area contributed by atoms with Crippen molar-refractivity contribution in [3.05, 3.63) is 24.0 Å². The Labute approximate surface area is 106 Å². The molecule has 0 aromatic carbocycles. The van der Waals surface area contributed by atoms with Crippen molar-refractivity contribution in [2.24, 2.45) is 23.7 Å². The molecule has 0 radical (unpaired) electrons. The minimum atomic E-state index is 0.375. The molecule has 5 atom stereocenters. The first-order chi connectivity index (χ1) is 8.13. The predicted octanol–water partition coefficient (Wildman–Crippen LogP) is 4.55. The molecule has 1 fully saturated rings. The summed E-state index contributed by atoms with van der Waals surface area (Å²) in [5, 5.41) is 0. The SMILES string of the molecule is CCCCC(C)OC1=CC(C)C=CC2C(C)[C@@H]12. The van der Waals surface area contributed by atoms with Gasteiger partial charge in [-0.1, -0.05) is 45.8 Å². The summed E-state index contributed by atoms with van der Waals surface area (Å²) < 4.78 is 6.19. The number of hydrogen-bond acceptors (Lipinski definition) is 1. The molecule has 1 saturated carbocycles. The molecule has 96 valence electrons. The molecule has 0 saturated heterocycles. The van der Waals surface area contributed by atoms with Gasteiger partial charge in [0.2, 0.25) is 0 Å². The molecule has 1 heteroatoms. The third-order valence-corrected chi connectivity index (χ3v) is 4.14. The van der Waals surface area contributed by atoms with Gasteiger partial charge in [-0.15, -0.1) is 0 Å². The topological polar surface area (TPSA) is 9.23 Å². The highest BCUT2D eigenvalue weighted by molar-refractivity contribution is 5.25. The second-order valence-electron chi connectivity index (χ2n) is 5.85. The summed E-state index contributed by atoms with van der Waals surface area (Å²) in [6, 6.07) is 0. The minimum Gasteiger partial charge on any atom is -0.495 e. The predicted molar refractivity (Wildman–Crippen MR) is 72.6 cm³/mol. The molecular weight excluding hydrogens is 208 g/mol. The van der Waals surface area contributed by atoms with Crippen LogP contribution in [0.25, 0.3) is 0 Å². The van der Waals surface area contributed by atoms with Gasteiger partial charge in [-0.05, 0) is 37.2 Å². The Balaban J connectivity index is 1.95. The van der Waals surface area contributed by atoms with E-state index in [1.807, 2.05) is 0 Å². The summed E-state index contributed by atoms with van der Waals surface area (Å²) in [6.07, 6.45) is 11.1. The van der Waals surface area contributed by atoms with Crippen LogP contribution in [0.2, 0.25) is 0 Å². The first-order valence-corrected chi connectivity index (χ1v) is 7.20. The molecule has 2 aliphatic carbocycles. The summed E-state index contributed by atoms with van der Waals surface area (Å²) in [6.45, 7) is 9.03. The van der Waals surface area contributed by atoms with E-state index in [1.54, 1.807) is 0 Å². The van der Waals surface area contributed by atoms with Gasteiger partial charge in [0, 0.05) is 5.92 Å². The van der Waals surface area contributed by atoms with Gasteiger partial charge < -0.3 is 4.74 Å². The maximum absolute atomic E-state index is 6.19. The Bertz CT molecular complexity index is 315. The molecule has 0 heterocycles. The number of rotatable bonds is 5. The molecule has 2 aliphatic rings. The van der Waals surface area contributed by atoms with Crippen molar-refractivity contribution in [2.45, 2.75) is 53.1 Å². The lowest BCUT2D eigenvalue weighted by Crippen LogP contribution is -2.10. The van der Waals surface area contributed by atoms with Crippen molar-refractivity contribution in [3.8, 4) is 0 Å². The van der Waals surface area contributed by atoms with Crippen LogP contribution in [-0.2, 0) is 4.74 Å². The molecule has 4 unspecified atom stereocenters. The summed E-state index contributed by atoms with van der Waals surface area (Å²) >= 11 is 0. The standard InChI is InChI=1S/C16H26O/c1-5-6-7-12(3)17-15-10-11(2)8-9-14-13(4)16(14)15/h8-14,16H,5-7H2,1-4H3/t11?,12?,13?,14?,16-/m1/s1. The molecule has 0 N–H and O–H groups in total. The maximum atomic E-state index is 6.19. The fourth-order valence-corrected chi connectivity index (χ4v) is 2.87. The molecule has 0 aliphatic heterocycles. The third-order valence-electron chi connectivity index (χ3n) is 4.14. The highest BCUT2D eigenvalue weighted by Crippen LogP contribution is 2.53. The third kappa shape index (κ3) is 2.94. The molecule has 0 aromatic heterocycles. The normalized spacial score (nSPS) is 36.8. The highest BCUT2D eigenvalue weighted by atomic mass is 16.5. The molecule has 0 spiro atoms. The van der Waals surface area contributed by atoms with E-state index >= 15 is 0 Å². The van der Waals surface area contributed by atoms with Crippen molar-refractivity contribution in [3.63, 3.8) is 0 Å². The quantitative estimate of drug-likeness (QED) is 0.634. The van der Waals surface area contributed by atoms with Gasteiger partial charge in [0.1, 0.15) is 0 Å². The van der Waals surface area contributed by atoms with E-state index in [2.05, 4.69) is 45.9 Å². The Morgan fingerprint density at radius 3 is 2.76 bits per heavy atom. The van der Waals surface area contributed by atoms with Crippen molar-refractivity contribution in [2.75, 3.05) is 0 Å². The Kier molecular flexibility index (Phi) is 3.96. The van der Waals surface area contributed by atoms with Crippen LogP contribution in [0.3, 0.4) is 0 Å². The lowest BCUT2D eigenvalue weighted by atomic mass is 10.1. The zero-order valence-corrected chi connectivity index (χ0v) is 11.6. The first kappa shape index (κ1) is 12.7. The van der Waals surface area contributed by atoms with Gasteiger partial charge in [-0.25, -0.2) is 0 Å². The summed E-state index contributed by atoms with van der Waals surface area (Å²) in [7, 11) is 0. The van der Waals surface area contributed by atoms with Gasteiger partial charge >= 0.3 is 0 Å². The number of ether oxygens (including phenoxy) is 1. The molecule has 0 bridgehead atoms. The van der Waals surface area contributed by atoms with Gasteiger partial charge in [-0.3, -0.25) is 0 Å². The Morgan fingerprint density at radius 1 is 1.29 bits per heavy atom. The maximum Gasteiger partial charge on any atom is 0.0969 e. The van der Waals surface area contributed by atoms with Crippen molar-refractivity contribution < 1.29 is 4.74 Å². The first-order valence-electron chi connectivity index (χ1n) is 7.20. The van der Waals surface area contributed by atoms with Crippen LogP contribution in [-0.4, -0.2) is 6.10 Å². The van der Waals surface area contributed by atoms with E-state index < -0.39 is 0 Å². The smallest absolute Gasteiger partial charge is 0.0969 e. The molecular formula is C16H26O. The molecule has 0 amide bonds. The number of allylic oxidation sites excluding steroid dienone is 4. The fourth-order valence-electron chi connectivity index (χ4n) is 2.87. The highest BCUT2D eigenvalue weighted by Gasteiger charge is 2.49. The molecule has 2 rings (SSSR count). The lowest BCUT2D eigenvalue weighted by Gasteiger charge is -2.18. The van der Waals surface area contributed by atoms with E-state index in [-0.39, 0.29) is 0 Å². The van der Waals surface area contributed by atoms with Crippen LogP contribution in [0.4, 0.5) is 0 Å². The van der Waals surface area contributed by atoms with Gasteiger partial charge in [0.15, 0.2) is 0 Å². The second-order valence-corrected chi connectivity index (χ2v) is 5.85. The van der Waals surface area contributed by atoms with Crippen LogP contribution >= 0.6 is 0 Å². The lowest BCUT2D eigenvalue weighted by molar-refractivity contribution is 0.107. The number of unbranched alkanes of at least 4 members (excludes halogenated alkanes) is 1. The second kappa shape index (κ2) is 5.29. The number of fused-ring (bicyclic) bond motifs is 1. The zero-order valence-electron chi connectivity index (χ0n) is 11.6. The molecule has 0 aromatic rings. The summed E-state index contributed by atoms with van der Waals surface area (Å²) in [4.78, 5) is 0. The van der Waals surface area contributed by atoms with E-state index in [1.165, 1.54) is 25.0 Å². The van der Waals surface area contributed by atoms with Crippen LogP contribution in [0.5, 0.6) is 0 Å². The minimum absolute atomic E-state index is 0.375. The van der Waals surface area contributed by atoms with Gasteiger partial charge in [-0.2, -0.15) is 0 Å². The Morgan fingerprint density at radius 2 is 2.06 bits per heavy atom. The molecule has 17 heavy (non-hydrogen) atoms. The summed E-state index contributed by atoms with van der Waals surface area (Å²) in [5.41, 5.74) is 0. The average Bonchev–Trinajstić information content (AvgIpc) is 2.96. The van der Waals surface area contributed by atoms with Crippen molar-refractivity contribution in [1.82, 2.24) is 0 Å². The van der Waals surface area contributed by atoms with Crippen LogP contribution in [0.1, 0.15) is 47.0 Å². The van der Waals surface area contributed by atoms with Crippen LogP contribution in [0.15, 0.2) is 24.0 Å². The monoisotopic (exact) mass is 234 g/mol. The fraction of sp³-hybridized carbons (Fsp3) is 0.750. The van der Waals surface area contributed by atoms with Gasteiger partial charge in [0.05, 0.1) is 11.9 Å². The number of hydrogen-bond donors (Lipinski definition) is 0. The van der Waals surface area contributed by atoms with Crippen LogP contribution in [0, 0.1) is 23.7 Å². The largest absolute Gasteiger partial charge is 0.495 e. The van der Waals surface area contributed by atoms with E-state index in [0.717, 1.165) is 11.8 Å².